The van der Waals surface area contributed by atoms with Crippen molar-refractivity contribution in [3.63, 3.8) is 0 Å². The van der Waals surface area contributed by atoms with Crippen LogP contribution in [0.1, 0.15) is 13.8 Å². The number of anilines is 1. The van der Waals surface area contributed by atoms with Crippen LogP contribution in [-0.2, 0) is 4.79 Å². The molecule has 2 aromatic carbocycles. The summed E-state index contributed by atoms with van der Waals surface area (Å²) in [6.45, 7) is 4.84. The third-order valence-electron chi connectivity index (χ3n) is 3.70. The summed E-state index contributed by atoms with van der Waals surface area (Å²) in [5, 5.41) is 3.55. The van der Waals surface area contributed by atoms with E-state index in [0.29, 0.717) is 48.0 Å². The molecule has 0 aliphatic carbocycles. The van der Waals surface area contributed by atoms with Crippen LogP contribution in [0.15, 0.2) is 36.4 Å². The van der Waals surface area contributed by atoms with Gasteiger partial charge in [-0.25, -0.2) is 9.97 Å². The van der Waals surface area contributed by atoms with E-state index < -0.39 is 0 Å². The Labute approximate surface area is 156 Å². The van der Waals surface area contributed by atoms with E-state index in [-0.39, 0.29) is 5.28 Å². The first kappa shape index (κ1) is 17.9. The Kier molecular flexibility index (Phi) is 5.53. The molecule has 134 valence electrons. The maximum atomic E-state index is 10.7. The van der Waals surface area contributed by atoms with Crippen LogP contribution in [0.3, 0.4) is 0 Å². The largest absolute Gasteiger partial charge is 0.490 e. The zero-order chi connectivity index (χ0) is 18.5. The lowest BCUT2D eigenvalue weighted by molar-refractivity contribution is -0.105. The zero-order valence-corrected chi connectivity index (χ0v) is 15.2. The fraction of sp³-hybridized carbons (Fsp3) is 0.211. The summed E-state index contributed by atoms with van der Waals surface area (Å²) in [5.74, 6) is 1.23. The van der Waals surface area contributed by atoms with Crippen molar-refractivity contribution in [1.29, 1.82) is 0 Å². The van der Waals surface area contributed by atoms with Crippen molar-refractivity contribution in [1.82, 2.24) is 9.97 Å². The predicted octanol–water partition coefficient (Wildman–Crippen LogP) is 4.32. The summed E-state index contributed by atoms with van der Waals surface area (Å²) in [7, 11) is 0. The number of hydrogen-bond donors (Lipinski definition) is 1. The van der Waals surface area contributed by atoms with Gasteiger partial charge in [0.2, 0.25) is 11.7 Å². The smallest absolute Gasteiger partial charge is 0.223 e. The molecule has 0 fully saturated rings. The molecule has 0 spiro atoms. The van der Waals surface area contributed by atoms with E-state index >= 15 is 0 Å². The maximum absolute atomic E-state index is 10.7. The molecule has 0 bridgehead atoms. The Morgan fingerprint density at radius 1 is 1.08 bits per heavy atom. The SMILES string of the molecule is CCOc1cc2nc(Cl)nc(-c3cccc(NC=O)c3)c2cc1OCC. The van der Waals surface area contributed by atoms with Gasteiger partial charge in [-0.15, -0.1) is 0 Å². The van der Waals surface area contributed by atoms with Crippen molar-refractivity contribution in [2.24, 2.45) is 0 Å². The molecular weight excluding hydrogens is 354 g/mol. The molecule has 1 aromatic heterocycles. The Morgan fingerprint density at radius 3 is 2.50 bits per heavy atom. The number of benzene rings is 2. The molecule has 1 heterocycles. The van der Waals surface area contributed by atoms with Gasteiger partial charge in [-0.3, -0.25) is 4.79 Å². The number of amides is 1. The van der Waals surface area contributed by atoms with Crippen LogP contribution >= 0.6 is 11.6 Å². The van der Waals surface area contributed by atoms with Crippen LogP contribution < -0.4 is 14.8 Å². The van der Waals surface area contributed by atoms with Gasteiger partial charge in [0, 0.05) is 22.7 Å². The molecule has 1 amide bonds. The van der Waals surface area contributed by atoms with Gasteiger partial charge < -0.3 is 14.8 Å². The van der Waals surface area contributed by atoms with Gasteiger partial charge in [0.25, 0.3) is 0 Å². The summed E-state index contributed by atoms with van der Waals surface area (Å²) in [6.07, 6.45) is 0.631. The molecule has 0 saturated heterocycles. The number of halogens is 1. The second-order valence-corrected chi connectivity index (χ2v) is 5.70. The number of hydrogen-bond acceptors (Lipinski definition) is 5. The van der Waals surface area contributed by atoms with Gasteiger partial charge in [-0.1, -0.05) is 12.1 Å². The summed E-state index contributed by atoms with van der Waals surface area (Å²) < 4.78 is 11.4. The second kappa shape index (κ2) is 8.01. The highest BCUT2D eigenvalue weighted by Gasteiger charge is 2.15. The maximum Gasteiger partial charge on any atom is 0.223 e. The molecule has 3 aromatic rings. The van der Waals surface area contributed by atoms with E-state index in [1.807, 2.05) is 38.1 Å². The Bertz CT molecular complexity index is 947. The Hall–Kier alpha value is -2.86. The van der Waals surface area contributed by atoms with Crippen LogP contribution in [0.5, 0.6) is 11.5 Å². The van der Waals surface area contributed by atoms with E-state index in [9.17, 15) is 4.79 Å². The minimum absolute atomic E-state index is 0.132. The zero-order valence-electron chi connectivity index (χ0n) is 14.5. The van der Waals surface area contributed by atoms with Crippen LogP contribution in [0.2, 0.25) is 5.28 Å². The van der Waals surface area contributed by atoms with Crippen molar-refractivity contribution in [2.45, 2.75) is 13.8 Å². The highest BCUT2D eigenvalue weighted by atomic mass is 35.5. The fourth-order valence-electron chi connectivity index (χ4n) is 2.69. The normalized spacial score (nSPS) is 10.6. The minimum atomic E-state index is 0.132. The van der Waals surface area contributed by atoms with E-state index in [1.54, 1.807) is 12.1 Å². The molecule has 1 N–H and O–H groups in total. The van der Waals surface area contributed by atoms with E-state index in [4.69, 9.17) is 21.1 Å². The van der Waals surface area contributed by atoms with E-state index in [0.717, 1.165) is 10.9 Å². The quantitative estimate of drug-likeness (QED) is 0.494. The van der Waals surface area contributed by atoms with Crippen molar-refractivity contribution in [3.8, 4) is 22.8 Å². The van der Waals surface area contributed by atoms with Gasteiger partial charge in [-0.05, 0) is 43.6 Å². The van der Waals surface area contributed by atoms with E-state index in [1.165, 1.54) is 0 Å². The van der Waals surface area contributed by atoms with E-state index in [2.05, 4.69) is 15.3 Å². The lowest BCUT2D eigenvalue weighted by Crippen LogP contribution is -2.00. The number of ether oxygens (including phenoxy) is 2. The molecule has 3 rings (SSSR count). The van der Waals surface area contributed by atoms with Gasteiger partial charge in [0.1, 0.15) is 0 Å². The molecule has 7 heteroatoms. The summed E-state index contributed by atoms with van der Waals surface area (Å²) in [6, 6.07) is 11.0. The summed E-state index contributed by atoms with van der Waals surface area (Å²) in [4.78, 5) is 19.4. The number of rotatable bonds is 7. The van der Waals surface area contributed by atoms with Crippen LogP contribution in [0, 0.1) is 0 Å². The third kappa shape index (κ3) is 3.70. The number of nitrogens with one attached hydrogen (secondary N) is 1. The number of carbonyl (C=O) groups is 1. The average Bonchev–Trinajstić information content (AvgIpc) is 2.63. The minimum Gasteiger partial charge on any atom is -0.490 e. The Morgan fingerprint density at radius 2 is 1.81 bits per heavy atom. The summed E-state index contributed by atoms with van der Waals surface area (Å²) in [5.41, 5.74) is 2.77. The van der Waals surface area contributed by atoms with Crippen LogP contribution in [0.4, 0.5) is 5.69 Å². The Balaban J connectivity index is 2.23. The van der Waals surface area contributed by atoms with Gasteiger partial charge in [0.15, 0.2) is 11.5 Å². The molecule has 6 nitrogen and oxygen atoms in total. The number of nitrogens with zero attached hydrogens (tertiary/aromatic N) is 2. The predicted molar refractivity (Wildman–Crippen MR) is 102 cm³/mol. The average molecular weight is 372 g/mol. The first-order valence-electron chi connectivity index (χ1n) is 8.23. The standard InChI is InChI=1S/C19H18ClN3O3/c1-3-25-16-9-14-15(10-17(16)26-4-2)22-19(20)23-18(14)12-6-5-7-13(8-12)21-11-24/h5-11H,3-4H2,1-2H3,(H,21,24). The van der Waals surface area contributed by atoms with Gasteiger partial charge >= 0.3 is 0 Å². The topological polar surface area (TPSA) is 73.3 Å². The molecule has 0 aliphatic rings. The number of fused-ring (bicyclic) bond motifs is 1. The molecule has 0 aliphatic heterocycles. The molecular formula is C19H18ClN3O3. The number of aromatic nitrogens is 2. The first-order chi connectivity index (χ1) is 12.7. The molecule has 0 saturated carbocycles. The van der Waals surface area contributed by atoms with Crippen molar-refractivity contribution >= 4 is 34.6 Å². The van der Waals surface area contributed by atoms with Crippen LogP contribution in [-0.4, -0.2) is 29.6 Å². The van der Waals surface area contributed by atoms with Gasteiger partial charge in [0.05, 0.1) is 24.4 Å². The van der Waals surface area contributed by atoms with Gasteiger partial charge in [-0.2, -0.15) is 0 Å². The van der Waals surface area contributed by atoms with Crippen LogP contribution in [0.25, 0.3) is 22.2 Å². The highest BCUT2D eigenvalue weighted by Crippen LogP contribution is 2.37. The van der Waals surface area contributed by atoms with Crippen molar-refractivity contribution in [3.05, 3.63) is 41.7 Å². The fourth-order valence-corrected chi connectivity index (χ4v) is 2.86. The molecule has 26 heavy (non-hydrogen) atoms. The molecule has 0 atom stereocenters. The molecule has 0 radical (unpaired) electrons. The molecule has 0 unspecified atom stereocenters. The first-order valence-corrected chi connectivity index (χ1v) is 8.61. The second-order valence-electron chi connectivity index (χ2n) is 5.37. The number of carbonyl (C=O) groups excluding carboxylic acids is 1. The lowest BCUT2D eigenvalue weighted by Gasteiger charge is -2.14. The summed E-state index contributed by atoms with van der Waals surface area (Å²) >= 11 is 6.14. The van der Waals surface area contributed by atoms with Crippen molar-refractivity contribution in [2.75, 3.05) is 18.5 Å². The third-order valence-corrected chi connectivity index (χ3v) is 3.86. The van der Waals surface area contributed by atoms with Crippen molar-refractivity contribution < 1.29 is 14.3 Å². The lowest BCUT2D eigenvalue weighted by atomic mass is 10.1. The highest BCUT2D eigenvalue weighted by molar-refractivity contribution is 6.29. The monoisotopic (exact) mass is 371 g/mol.